The zero-order valence-corrected chi connectivity index (χ0v) is 12.5. The molecule has 1 aromatic rings. The third-order valence-electron chi connectivity index (χ3n) is 3.18. The molecule has 0 unspecified atom stereocenters. The molecule has 1 saturated heterocycles. The molecular formula is C11H14F2N2O4S2. The summed E-state index contributed by atoms with van der Waals surface area (Å²) in [6, 6.07) is 1.51. The molecule has 2 heterocycles. The van der Waals surface area contributed by atoms with Crippen LogP contribution in [0.4, 0.5) is 8.78 Å². The molecule has 118 valence electrons. The standard InChI is InChI=1S/C11H14F2N2O4S2/c12-11(13)2-4-15(5-3-11)21(18,19)14-7-8-1-6-20-9(8)10(16)17/h1,6,14H,2-5,7H2,(H,16,17). The molecule has 10 heteroatoms. The van der Waals surface area contributed by atoms with Crippen LogP contribution in [0.1, 0.15) is 28.1 Å². The predicted molar refractivity (Wildman–Crippen MR) is 72.8 cm³/mol. The number of thiophene rings is 1. The average molecular weight is 340 g/mol. The van der Waals surface area contributed by atoms with Gasteiger partial charge in [-0.3, -0.25) is 0 Å². The minimum absolute atomic E-state index is 0.0582. The third-order valence-corrected chi connectivity index (χ3v) is 5.68. The van der Waals surface area contributed by atoms with Crippen molar-refractivity contribution in [2.24, 2.45) is 0 Å². The molecule has 0 aliphatic carbocycles. The van der Waals surface area contributed by atoms with Gasteiger partial charge in [0, 0.05) is 32.5 Å². The Morgan fingerprint density at radius 1 is 1.43 bits per heavy atom. The Morgan fingerprint density at radius 2 is 2.05 bits per heavy atom. The number of carboxylic acids is 1. The van der Waals surface area contributed by atoms with Crippen molar-refractivity contribution in [3.63, 3.8) is 0 Å². The van der Waals surface area contributed by atoms with Crippen molar-refractivity contribution in [1.82, 2.24) is 9.03 Å². The van der Waals surface area contributed by atoms with Crippen LogP contribution in [0.5, 0.6) is 0 Å². The summed E-state index contributed by atoms with van der Waals surface area (Å²) in [5.41, 5.74) is 0.346. The number of hydrogen-bond acceptors (Lipinski definition) is 4. The van der Waals surface area contributed by atoms with Crippen molar-refractivity contribution >= 4 is 27.5 Å². The normalized spacial score (nSPS) is 19.5. The van der Waals surface area contributed by atoms with Crippen LogP contribution in [0.2, 0.25) is 0 Å². The van der Waals surface area contributed by atoms with Crippen molar-refractivity contribution in [3.8, 4) is 0 Å². The number of aromatic carboxylic acids is 1. The minimum atomic E-state index is -3.89. The predicted octanol–water partition coefficient (Wildman–Crippen LogP) is 1.51. The zero-order chi connectivity index (χ0) is 15.7. The molecule has 0 spiro atoms. The number of carbonyl (C=O) groups is 1. The van der Waals surface area contributed by atoms with Gasteiger partial charge in [0.15, 0.2) is 0 Å². The summed E-state index contributed by atoms with van der Waals surface area (Å²) < 4.78 is 53.2. The zero-order valence-electron chi connectivity index (χ0n) is 10.9. The summed E-state index contributed by atoms with van der Waals surface area (Å²) in [6.07, 6.45) is -1.01. The molecule has 1 aliphatic rings. The quantitative estimate of drug-likeness (QED) is 0.851. The van der Waals surface area contributed by atoms with Crippen LogP contribution in [0.3, 0.4) is 0 Å². The van der Waals surface area contributed by atoms with E-state index in [1.165, 1.54) is 6.07 Å². The number of hydrogen-bond donors (Lipinski definition) is 2. The summed E-state index contributed by atoms with van der Waals surface area (Å²) in [4.78, 5) is 11.0. The first kappa shape index (κ1) is 16.3. The monoisotopic (exact) mass is 340 g/mol. The first-order valence-corrected chi connectivity index (χ1v) is 8.45. The molecule has 21 heavy (non-hydrogen) atoms. The fourth-order valence-electron chi connectivity index (χ4n) is 1.98. The average Bonchev–Trinajstić information content (AvgIpc) is 2.84. The van der Waals surface area contributed by atoms with E-state index in [2.05, 4.69) is 4.72 Å². The lowest BCUT2D eigenvalue weighted by Crippen LogP contribution is -2.47. The highest BCUT2D eigenvalue weighted by Gasteiger charge is 2.38. The van der Waals surface area contributed by atoms with Gasteiger partial charge < -0.3 is 5.11 Å². The maximum atomic E-state index is 13.0. The molecule has 2 N–H and O–H groups in total. The van der Waals surface area contributed by atoms with E-state index in [0.717, 1.165) is 15.6 Å². The van der Waals surface area contributed by atoms with Gasteiger partial charge in [0.05, 0.1) is 0 Å². The Labute approximate surface area is 124 Å². The summed E-state index contributed by atoms with van der Waals surface area (Å²) in [5, 5.41) is 10.5. The van der Waals surface area contributed by atoms with Crippen LogP contribution < -0.4 is 4.72 Å². The lowest BCUT2D eigenvalue weighted by Gasteiger charge is -2.30. The van der Waals surface area contributed by atoms with Gasteiger partial charge in [-0.25, -0.2) is 13.6 Å². The molecule has 6 nitrogen and oxygen atoms in total. The highest BCUT2D eigenvalue weighted by Crippen LogP contribution is 2.28. The van der Waals surface area contributed by atoms with Gasteiger partial charge in [-0.1, -0.05) is 0 Å². The maximum Gasteiger partial charge on any atom is 0.346 e. The Balaban J connectivity index is 1.99. The number of alkyl halides is 2. The second-order valence-electron chi connectivity index (χ2n) is 4.66. The van der Waals surface area contributed by atoms with Crippen LogP contribution in [-0.4, -0.2) is 42.8 Å². The Kier molecular flexibility index (Phi) is 4.61. The highest BCUT2D eigenvalue weighted by atomic mass is 32.2. The number of nitrogens with zero attached hydrogens (tertiary/aromatic N) is 1. The van der Waals surface area contributed by atoms with E-state index in [1.54, 1.807) is 5.38 Å². The van der Waals surface area contributed by atoms with Crippen molar-refractivity contribution in [2.75, 3.05) is 13.1 Å². The van der Waals surface area contributed by atoms with E-state index in [-0.39, 0.29) is 24.5 Å². The second kappa shape index (κ2) is 5.95. The lowest BCUT2D eigenvalue weighted by molar-refractivity contribution is -0.0413. The largest absolute Gasteiger partial charge is 0.477 e. The maximum absolute atomic E-state index is 13.0. The van der Waals surface area contributed by atoms with E-state index in [4.69, 9.17) is 5.11 Å². The Morgan fingerprint density at radius 3 is 2.62 bits per heavy atom. The van der Waals surface area contributed by atoms with E-state index in [1.807, 2.05) is 0 Å². The summed E-state index contributed by atoms with van der Waals surface area (Å²) in [7, 11) is -3.89. The SMILES string of the molecule is O=C(O)c1sccc1CNS(=O)(=O)N1CCC(F)(F)CC1. The van der Waals surface area contributed by atoms with E-state index in [9.17, 15) is 22.0 Å². The van der Waals surface area contributed by atoms with Crippen LogP contribution in [-0.2, 0) is 16.8 Å². The number of nitrogens with one attached hydrogen (secondary N) is 1. The Bertz CT molecular complexity index is 620. The van der Waals surface area contributed by atoms with Gasteiger partial charge in [0.1, 0.15) is 4.88 Å². The summed E-state index contributed by atoms with van der Waals surface area (Å²) in [5.74, 6) is -3.95. The Hall–Kier alpha value is -1.10. The fraction of sp³-hybridized carbons (Fsp3) is 0.545. The van der Waals surface area contributed by atoms with E-state index in [0.29, 0.717) is 5.56 Å². The van der Waals surface area contributed by atoms with Gasteiger partial charge in [-0.05, 0) is 17.0 Å². The molecule has 1 aromatic heterocycles. The van der Waals surface area contributed by atoms with Crippen LogP contribution in [0.25, 0.3) is 0 Å². The smallest absolute Gasteiger partial charge is 0.346 e. The molecule has 2 rings (SSSR count). The van der Waals surface area contributed by atoms with Crippen molar-refractivity contribution in [1.29, 1.82) is 0 Å². The number of carboxylic acid groups (broad SMARTS) is 1. The van der Waals surface area contributed by atoms with Crippen LogP contribution in [0, 0.1) is 0 Å². The van der Waals surface area contributed by atoms with Gasteiger partial charge in [-0.15, -0.1) is 11.3 Å². The fourth-order valence-corrected chi connectivity index (χ4v) is 3.92. The first-order chi connectivity index (χ1) is 9.71. The van der Waals surface area contributed by atoms with E-state index >= 15 is 0 Å². The van der Waals surface area contributed by atoms with Crippen molar-refractivity contribution in [2.45, 2.75) is 25.3 Å². The van der Waals surface area contributed by atoms with Gasteiger partial charge >= 0.3 is 5.97 Å². The molecule has 1 fully saturated rings. The van der Waals surface area contributed by atoms with Crippen LogP contribution in [0.15, 0.2) is 11.4 Å². The number of piperidine rings is 1. The highest BCUT2D eigenvalue weighted by molar-refractivity contribution is 7.87. The lowest BCUT2D eigenvalue weighted by atomic mass is 10.1. The second-order valence-corrected chi connectivity index (χ2v) is 7.33. The van der Waals surface area contributed by atoms with Crippen molar-refractivity contribution in [3.05, 3.63) is 21.9 Å². The molecule has 1 aliphatic heterocycles. The molecule has 0 bridgehead atoms. The summed E-state index contributed by atoms with van der Waals surface area (Å²) in [6.45, 7) is -0.685. The molecule has 0 radical (unpaired) electrons. The first-order valence-electron chi connectivity index (χ1n) is 6.13. The topological polar surface area (TPSA) is 86.7 Å². The van der Waals surface area contributed by atoms with Gasteiger partial charge in [-0.2, -0.15) is 17.4 Å². The minimum Gasteiger partial charge on any atom is -0.477 e. The molecule has 0 atom stereocenters. The van der Waals surface area contributed by atoms with Gasteiger partial charge in [0.25, 0.3) is 16.1 Å². The third kappa shape index (κ3) is 3.96. The molecule has 0 saturated carbocycles. The molecule has 0 amide bonds. The molecule has 0 aromatic carbocycles. The summed E-state index contributed by atoms with van der Waals surface area (Å²) >= 11 is 0.996. The van der Waals surface area contributed by atoms with Crippen LogP contribution >= 0.6 is 11.3 Å². The molecular weight excluding hydrogens is 326 g/mol. The van der Waals surface area contributed by atoms with Gasteiger partial charge in [0.2, 0.25) is 0 Å². The number of halogens is 2. The van der Waals surface area contributed by atoms with Crippen molar-refractivity contribution < 1.29 is 27.1 Å². The number of rotatable bonds is 5. The van der Waals surface area contributed by atoms with E-state index < -0.39 is 34.9 Å².